The van der Waals surface area contributed by atoms with Crippen molar-refractivity contribution in [2.45, 2.75) is 13.0 Å². The first-order valence-electron chi connectivity index (χ1n) is 6.39. The number of hydrogen-bond donors (Lipinski definition) is 1. The maximum atomic E-state index is 12.0. The minimum atomic E-state index is -0.0808. The number of nitrogens with zero attached hydrogens (tertiary/aromatic N) is 4. The molecule has 7 heteroatoms. The van der Waals surface area contributed by atoms with Gasteiger partial charge in [-0.1, -0.05) is 12.1 Å². The van der Waals surface area contributed by atoms with E-state index in [1.807, 2.05) is 24.3 Å². The third-order valence-electron chi connectivity index (χ3n) is 2.99. The Morgan fingerprint density at radius 2 is 2.29 bits per heavy atom. The van der Waals surface area contributed by atoms with E-state index in [9.17, 15) is 4.79 Å². The van der Waals surface area contributed by atoms with Gasteiger partial charge in [-0.2, -0.15) is 5.10 Å². The molecule has 0 fully saturated rings. The lowest BCUT2D eigenvalue weighted by atomic mass is 10.2. The standard InChI is InChI=1S/C14H12BrN5O/c15-11-6-10-2-1-3-12(14(10)17-7-11)19-13(21)4-5-20-9-16-8-18-20/h1-3,6-9H,4-5H2,(H,19,21). The fourth-order valence-corrected chi connectivity index (χ4v) is 2.36. The zero-order valence-corrected chi connectivity index (χ0v) is 12.6. The number of fused-ring (bicyclic) bond motifs is 1. The van der Waals surface area contributed by atoms with Crippen molar-refractivity contribution in [3.63, 3.8) is 0 Å². The summed E-state index contributed by atoms with van der Waals surface area (Å²) in [7, 11) is 0. The molecule has 0 atom stereocenters. The number of para-hydroxylation sites is 1. The highest BCUT2D eigenvalue weighted by atomic mass is 79.9. The fraction of sp³-hybridized carbons (Fsp3) is 0.143. The van der Waals surface area contributed by atoms with Gasteiger partial charge in [-0.05, 0) is 28.1 Å². The quantitative estimate of drug-likeness (QED) is 0.788. The van der Waals surface area contributed by atoms with Crippen LogP contribution in [0.4, 0.5) is 5.69 Å². The summed E-state index contributed by atoms with van der Waals surface area (Å²) in [5, 5.41) is 7.82. The molecule has 6 nitrogen and oxygen atoms in total. The van der Waals surface area contributed by atoms with E-state index >= 15 is 0 Å². The van der Waals surface area contributed by atoms with Crippen LogP contribution in [0.25, 0.3) is 10.9 Å². The van der Waals surface area contributed by atoms with E-state index in [-0.39, 0.29) is 5.91 Å². The molecule has 2 aromatic heterocycles. The predicted octanol–water partition coefficient (Wildman–Crippen LogP) is 2.62. The van der Waals surface area contributed by atoms with Crippen LogP contribution in [-0.4, -0.2) is 25.7 Å². The molecule has 3 aromatic rings. The molecule has 0 saturated carbocycles. The summed E-state index contributed by atoms with van der Waals surface area (Å²) in [5.74, 6) is -0.0808. The summed E-state index contributed by atoms with van der Waals surface area (Å²) in [6, 6.07) is 7.66. The van der Waals surface area contributed by atoms with Crippen molar-refractivity contribution in [2.75, 3.05) is 5.32 Å². The topological polar surface area (TPSA) is 72.7 Å². The van der Waals surface area contributed by atoms with Gasteiger partial charge < -0.3 is 5.32 Å². The van der Waals surface area contributed by atoms with Crippen molar-refractivity contribution in [3.05, 3.63) is 47.6 Å². The lowest BCUT2D eigenvalue weighted by Crippen LogP contribution is -2.15. The Hall–Kier alpha value is -2.28. The number of anilines is 1. The number of pyridine rings is 1. The van der Waals surface area contributed by atoms with Crippen molar-refractivity contribution in [2.24, 2.45) is 0 Å². The van der Waals surface area contributed by atoms with E-state index in [2.05, 4.69) is 36.3 Å². The lowest BCUT2D eigenvalue weighted by molar-refractivity contribution is -0.116. The molecule has 1 aromatic carbocycles. The third-order valence-corrected chi connectivity index (χ3v) is 3.42. The maximum absolute atomic E-state index is 12.0. The van der Waals surface area contributed by atoms with Gasteiger partial charge in [-0.15, -0.1) is 0 Å². The molecular formula is C14H12BrN5O. The largest absolute Gasteiger partial charge is 0.324 e. The van der Waals surface area contributed by atoms with Crippen LogP contribution >= 0.6 is 15.9 Å². The Balaban J connectivity index is 1.73. The Bertz CT molecular complexity index is 772. The van der Waals surface area contributed by atoms with E-state index < -0.39 is 0 Å². The van der Waals surface area contributed by atoms with Gasteiger partial charge in [0, 0.05) is 22.5 Å². The molecule has 2 heterocycles. The second kappa shape index (κ2) is 6.01. The lowest BCUT2D eigenvalue weighted by Gasteiger charge is -2.08. The number of carbonyl (C=O) groups is 1. The van der Waals surface area contributed by atoms with Gasteiger partial charge in [-0.3, -0.25) is 14.5 Å². The van der Waals surface area contributed by atoms with Crippen molar-refractivity contribution in [3.8, 4) is 0 Å². The number of amides is 1. The van der Waals surface area contributed by atoms with E-state index in [4.69, 9.17) is 0 Å². The highest BCUT2D eigenvalue weighted by Crippen LogP contribution is 2.23. The Morgan fingerprint density at radius 3 is 3.10 bits per heavy atom. The van der Waals surface area contributed by atoms with Gasteiger partial charge in [-0.25, -0.2) is 4.98 Å². The van der Waals surface area contributed by atoms with Crippen LogP contribution in [0.15, 0.2) is 47.6 Å². The molecule has 21 heavy (non-hydrogen) atoms. The highest BCUT2D eigenvalue weighted by Gasteiger charge is 2.07. The first-order chi connectivity index (χ1) is 10.2. The molecule has 3 rings (SSSR count). The summed E-state index contributed by atoms with van der Waals surface area (Å²) in [6.45, 7) is 0.496. The first-order valence-corrected chi connectivity index (χ1v) is 7.18. The number of nitrogens with one attached hydrogen (secondary N) is 1. The third kappa shape index (κ3) is 3.25. The smallest absolute Gasteiger partial charge is 0.226 e. The number of aryl methyl sites for hydroxylation is 1. The second-order valence-corrected chi connectivity index (χ2v) is 5.40. The van der Waals surface area contributed by atoms with Gasteiger partial charge in [0.2, 0.25) is 5.91 Å². The first kappa shape index (κ1) is 13.7. The van der Waals surface area contributed by atoms with Crippen molar-refractivity contribution < 1.29 is 4.79 Å². The van der Waals surface area contributed by atoms with Crippen molar-refractivity contribution in [1.29, 1.82) is 0 Å². The van der Waals surface area contributed by atoms with Gasteiger partial charge >= 0.3 is 0 Å². The average molecular weight is 346 g/mol. The number of hydrogen-bond acceptors (Lipinski definition) is 4. The molecule has 1 amide bonds. The summed E-state index contributed by atoms with van der Waals surface area (Å²) >= 11 is 3.39. The van der Waals surface area contributed by atoms with E-state index in [1.54, 1.807) is 17.2 Å². The molecular weight excluding hydrogens is 334 g/mol. The molecule has 0 aliphatic carbocycles. The van der Waals surface area contributed by atoms with Crippen LogP contribution in [0.3, 0.4) is 0 Å². The molecule has 0 radical (unpaired) electrons. The summed E-state index contributed by atoms with van der Waals surface area (Å²) in [5.41, 5.74) is 1.48. The average Bonchev–Trinajstić information content (AvgIpc) is 2.98. The van der Waals surface area contributed by atoms with E-state index in [0.717, 1.165) is 15.4 Å². The molecule has 0 saturated heterocycles. The summed E-state index contributed by atoms with van der Waals surface area (Å²) in [6.07, 6.45) is 5.08. The van der Waals surface area contributed by atoms with Gasteiger partial charge in [0.25, 0.3) is 0 Å². The Kier molecular flexibility index (Phi) is 3.92. The zero-order chi connectivity index (χ0) is 14.7. The molecule has 0 bridgehead atoms. The van der Waals surface area contributed by atoms with E-state index in [0.29, 0.717) is 18.7 Å². The number of carbonyl (C=O) groups excluding carboxylic acids is 1. The monoisotopic (exact) mass is 345 g/mol. The van der Waals surface area contributed by atoms with Crippen LogP contribution in [0.1, 0.15) is 6.42 Å². The minimum Gasteiger partial charge on any atom is -0.324 e. The zero-order valence-electron chi connectivity index (χ0n) is 11.0. The van der Waals surface area contributed by atoms with E-state index in [1.165, 1.54) is 6.33 Å². The van der Waals surface area contributed by atoms with Crippen molar-refractivity contribution in [1.82, 2.24) is 19.7 Å². The van der Waals surface area contributed by atoms with Crippen LogP contribution < -0.4 is 5.32 Å². The maximum Gasteiger partial charge on any atom is 0.226 e. The number of aromatic nitrogens is 4. The van der Waals surface area contributed by atoms with Crippen LogP contribution in [-0.2, 0) is 11.3 Å². The number of rotatable bonds is 4. The van der Waals surface area contributed by atoms with Crippen LogP contribution in [0.2, 0.25) is 0 Å². The summed E-state index contributed by atoms with van der Waals surface area (Å²) < 4.78 is 2.53. The molecule has 0 aliphatic rings. The highest BCUT2D eigenvalue weighted by molar-refractivity contribution is 9.10. The van der Waals surface area contributed by atoms with Crippen LogP contribution in [0.5, 0.6) is 0 Å². The number of benzene rings is 1. The molecule has 106 valence electrons. The SMILES string of the molecule is O=C(CCn1cncn1)Nc1cccc2cc(Br)cnc12. The summed E-state index contributed by atoms with van der Waals surface area (Å²) in [4.78, 5) is 20.2. The van der Waals surface area contributed by atoms with Gasteiger partial charge in [0.15, 0.2) is 0 Å². The van der Waals surface area contributed by atoms with Crippen molar-refractivity contribution >= 4 is 38.4 Å². The molecule has 0 aliphatic heterocycles. The number of halogens is 1. The predicted molar refractivity (Wildman–Crippen MR) is 82.7 cm³/mol. The Morgan fingerprint density at radius 1 is 1.38 bits per heavy atom. The fourth-order valence-electron chi connectivity index (χ4n) is 2.01. The molecule has 0 unspecified atom stereocenters. The Labute approximate surface area is 129 Å². The normalized spacial score (nSPS) is 10.7. The minimum absolute atomic E-state index is 0.0808. The molecule has 0 spiro atoms. The van der Waals surface area contributed by atoms with Gasteiger partial charge in [0.05, 0.1) is 17.7 Å². The van der Waals surface area contributed by atoms with Crippen LogP contribution in [0, 0.1) is 0 Å². The molecule has 1 N–H and O–H groups in total. The second-order valence-electron chi connectivity index (χ2n) is 4.49. The van der Waals surface area contributed by atoms with Gasteiger partial charge in [0.1, 0.15) is 12.7 Å².